The van der Waals surface area contributed by atoms with Gasteiger partial charge >= 0.3 is 0 Å². The van der Waals surface area contributed by atoms with Crippen molar-refractivity contribution in [2.45, 2.75) is 107 Å². The van der Waals surface area contributed by atoms with E-state index in [1.165, 1.54) is 32.1 Å². The first-order valence-corrected chi connectivity index (χ1v) is 11.9. The second kappa shape index (κ2) is 7.77. The molecule has 1 N–H and O–H groups in total. The number of nitrogens with zero attached hydrogens (tertiary/aromatic N) is 1. The van der Waals surface area contributed by atoms with E-state index in [1.54, 1.807) is 0 Å². The van der Waals surface area contributed by atoms with E-state index in [2.05, 4.69) is 10.2 Å². The number of amides is 2. The maximum Gasteiger partial charge on any atom is 0.254 e. The Hall–Kier alpha value is -1.84. The van der Waals surface area contributed by atoms with Gasteiger partial charge in [0.05, 0.1) is 11.5 Å². The zero-order chi connectivity index (χ0) is 19.8. The third-order valence-electron chi connectivity index (χ3n) is 8.11. The molecule has 1 atom stereocenters. The average molecular weight is 395 g/mol. The number of fused-ring (bicyclic) bond motifs is 1. The topological polar surface area (TPSA) is 49.4 Å². The number of hydrogen-bond donors (Lipinski definition) is 1. The summed E-state index contributed by atoms with van der Waals surface area (Å²) in [5.41, 5.74) is 1.42. The first-order valence-electron chi connectivity index (χ1n) is 11.9. The molecule has 1 spiro atoms. The van der Waals surface area contributed by atoms with Crippen LogP contribution >= 0.6 is 0 Å². The van der Waals surface area contributed by atoms with Crippen molar-refractivity contribution in [2.24, 2.45) is 0 Å². The van der Waals surface area contributed by atoms with Crippen molar-refractivity contribution >= 4 is 11.8 Å². The Morgan fingerprint density at radius 3 is 2.28 bits per heavy atom. The van der Waals surface area contributed by atoms with Crippen molar-refractivity contribution < 1.29 is 9.59 Å². The third kappa shape index (κ3) is 3.19. The van der Waals surface area contributed by atoms with Gasteiger partial charge in [-0.3, -0.25) is 9.59 Å². The molecule has 5 rings (SSSR count). The summed E-state index contributed by atoms with van der Waals surface area (Å²) in [6, 6.07) is 8.56. The predicted octanol–water partition coefficient (Wildman–Crippen LogP) is 4.93. The summed E-state index contributed by atoms with van der Waals surface area (Å²) in [4.78, 5) is 29.8. The van der Waals surface area contributed by atoms with Crippen LogP contribution in [0.4, 0.5) is 0 Å². The van der Waals surface area contributed by atoms with Gasteiger partial charge in [-0.15, -0.1) is 0 Å². The summed E-state index contributed by atoms with van der Waals surface area (Å²) in [6.07, 6.45) is 14.6. The molecule has 3 saturated carbocycles. The van der Waals surface area contributed by atoms with E-state index in [9.17, 15) is 9.59 Å². The molecule has 0 saturated heterocycles. The van der Waals surface area contributed by atoms with Crippen molar-refractivity contribution in [1.29, 1.82) is 0 Å². The molecule has 4 heteroatoms. The molecule has 0 unspecified atom stereocenters. The number of hydrogen-bond acceptors (Lipinski definition) is 2. The molecular formula is C25H34N2O2. The van der Waals surface area contributed by atoms with Crippen LogP contribution in [0.5, 0.6) is 0 Å². The fraction of sp³-hybridized carbons (Fsp3) is 0.680. The van der Waals surface area contributed by atoms with Crippen molar-refractivity contribution in [3.05, 3.63) is 35.4 Å². The van der Waals surface area contributed by atoms with E-state index in [-0.39, 0.29) is 23.3 Å². The lowest BCUT2D eigenvalue weighted by molar-refractivity contribution is -0.127. The lowest BCUT2D eigenvalue weighted by atomic mass is 9.69. The van der Waals surface area contributed by atoms with Gasteiger partial charge in [0.25, 0.3) is 5.91 Å². The highest BCUT2D eigenvalue weighted by atomic mass is 16.2. The summed E-state index contributed by atoms with van der Waals surface area (Å²) in [5, 5.41) is 3.40. The maximum atomic E-state index is 13.8. The molecule has 156 valence electrons. The summed E-state index contributed by atoms with van der Waals surface area (Å²) < 4.78 is 0. The van der Waals surface area contributed by atoms with E-state index >= 15 is 0 Å². The van der Waals surface area contributed by atoms with Gasteiger partial charge < -0.3 is 10.2 Å². The van der Waals surface area contributed by atoms with Gasteiger partial charge in [0.2, 0.25) is 5.91 Å². The Kier molecular flexibility index (Phi) is 5.13. The Balaban J connectivity index is 1.58. The SMILES string of the molecule is O=C(NC1CCCC1)[C@H]1c2ccccc2C(=O)N(C2CCCCC2)C12CCCC2. The first-order chi connectivity index (χ1) is 14.2. The zero-order valence-electron chi connectivity index (χ0n) is 17.5. The number of benzene rings is 1. The zero-order valence-corrected chi connectivity index (χ0v) is 17.5. The number of carbonyl (C=O) groups excluding carboxylic acids is 2. The molecule has 29 heavy (non-hydrogen) atoms. The van der Waals surface area contributed by atoms with E-state index in [1.807, 2.05) is 24.3 Å². The molecule has 1 aliphatic heterocycles. The smallest absolute Gasteiger partial charge is 0.254 e. The molecule has 1 heterocycles. The first kappa shape index (κ1) is 19.1. The molecule has 4 aliphatic rings. The molecule has 3 aliphatic carbocycles. The molecule has 0 radical (unpaired) electrons. The third-order valence-corrected chi connectivity index (χ3v) is 8.11. The summed E-state index contributed by atoms with van der Waals surface area (Å²) >= 11 is 0. The van der Waals surface area contributed by atoms with Crippen molar-refractivity contribution in [3.8, 4) is 0 Å². The van der Waals surface area contributed by atoms with Gasteiger partial charge in [-0.2, -0.15) is 0 Å². The second-order valence-corrected chi connectivity index (χ2v) is 9.79. The van der Waals surface area contributed by atoms with Gasteiger partial charge in [-0.1, -0.05) is 63.1 Å². The number of rotatable bonds is 3. The minimum atomic E-state index is -0.323. The summed E-state index contributed by atoms with van der Waals surface area (Å²) in [6.45, 7) is 0. The van der Waals surface area contributed by atoms with Crippen LogP contribution in [0.2, 0.25) is 0 Å². The van der Waals surface area contributed by atoms with Crippen LogP contribution in [-0.2, 0) is 4.79 Å². The Bertz CT molecular complexity index is 771. The average Bonchev–Trinajstić information content (AvgIpc) is 3.42. The van der Waals surface area contributed by atoms with E-state index in [4.69, 9.17) is 0 Å². The summed E-state index contributed by atoms with van der Waals surface area (Å²) in [5.74, 6) is 0.125. The van der Waals surface area contributed by atoms with Gasteiger partial charge in [-0.25, -0.2) is 0 Å². The van der Waals surface area contributed by atoms with Crippen LogP contribution in [-0.4, -0.2) is 34.3 Å². The van der Waals surface area contributed by atoms with Gasteiger partial charge in [0.1, 0.15) is 0 Å². The largest absolute Gasteiger partial charge is 0.353 e. The van der Waals surface area contributed by atoms with Crippen molar-refractivity contribution in [1.82, 2.24) is 10.2 Å². The minimum absolute atomic E-state index is 0.166. The second-order valence-electron chi connectivity index (χ2n) is 9.79. The lowest BCUT2D eigenvalue weighted by Gasteiger charge is -2.54. The molecule has 3 fully saturated rings. The fourth-order valence-electron chi connectivity index (χ4n) is 6.83. The monoisotopic (exact) mass is 394 g/mol. The van der Waals surface area contributed by atoms with Crippen molar-refractivity contribution in [3.63, 3.8) is 0 Å². The van der Waals surface area contributed by atoms with Gasteiger partial charge in [-0.05, 0) is 50.2 Å². The molecular weight excluding hydrogens is 360 g/mol. The predicted molar refractivity (Wildman–Crippen MR) is 114 cm³/mol. The minimum Gasteiger partial charge on any atom is -0.353 e. The van der Waals surface area contributed by atoms with Crippen LogP contribution < -0.4 is 5.32 Å². The van der Waals surface area contributed by atoms with E-state index in [0.717, 1.165) is 62.5 Å². The summed E-state index contributed by atoms with van der Waals surface area (Å²) in [7, 11) is 0. The van der Waals surface area contributed by atoms with Gasteiger partial charge in [0.15, 0.2) is 0 Å². The molecule has 1 aromatic carbocycles. The van der Waals surface area contributed by atoms with Gasteiger partial charge in [0, 0.05) is 17.6 Å². The van der Waals surface area contributed by atoms with Crippen LogP contribution in [0.1, 0.15) is 105 Å². The normalized spacial score (nSPS) is 27.4. The number of carbonyl (C=O) groups is 2. The molecule has 4 nitrogen and oxygen atoms in total. The lowest BCUT2D eigenvalue weighted by Crippen LogP contribution is -2.64. The molecule has 1 aromatic rings. The number of nitrogens with one attached hydrogen (secondary N) is 1. The molecule has 0 aromatic heterocycles. The Labute approximate surface area is 174 Å². The Morgan fingerprint density at radius 2 is 1.55 bits per heavy atom. The highest BCUT2D eigenvalue weighted by molar-refractivity contribution is 6.02. The quantitative estimate of drug-likeness (QED) is 0.790. The van der Waals surface area contributed by atoms with Crippen LogP contribution in [0.25, 0.3) is 0 Å². The molecule has 2 amide bonds. The van der Waals surface area contributed by atoms with Crippen LogP contribution in [0, 0.1) is 0 Å². The van der Waals surface area contributed by atoms with Crippen molar-refractivity contribution in [2.75, 3.05) is 0 Å². The van der Waals surface area contributed by atoms with E-state index in [0.29, 0.717) is 12.1 Å². The van der Waals surface area contributed by atoms with E-state index < -0.39 is 0 Å². The maximum absolute atomic E-state index is 13.8. The standard InChI is InChI=1S/C25H34N2O2/c28-23(26-18-10-4-5-11-18)22-20-14-6-7-15-21(20)24(29)27(19-12-2-1-3-13-19)25(22)16-8-9-17-25/h6-7,14-15,18-19,22H,1-5,8-13,16-17H2,(H,26,28)/t22-/m1/s1. The fourth-order valence-corrected chi connectivity index (χ4v) is 6.83. The highest BCUT2D eigenvalue weighted by Gasteiger charge is 2.57. The molecule has 0 bridgehead atoms. The Morgan fingerprint density at radius 1 is 0.897 bits per heavy atom. The van der Waals surface area contributed by atoms with Crippen LogP contribution in [0.3, 0.4) is 0 Å². The highest BCUT2D eigenvalue weighted by Crippen LogP contribution is 2.52. The van der Waals surface area contributed by atoms with Crippen LogP contribution in [0.15, 0.2) is 24.3 Å².